The second-order valence-corrected chi connectivity index (χ2v) is 4.85. The predicted octanol–water partition coefficient (Wildman–Crippen LogP) is 2.97. The number of para-hydroxylation sites is 1. The molecule has 0 fully saturated rings. The summed E-state index contributed by atoms with van der Waals surface area (Å²) in [6, 6.07) is 8.06. The number of nitrogens with one attached hydrogen (secondary N) is 1. The van der Waals surface area contributed by atoms with Crippen molar-refractivity contribution < 1.29 is 4.74 Å². The lowest BCUT2D eigenvalue weighted by Crippen LogP contribution is -2.09. The number of nitrogens with zero attached hydrogens (tertiary/aromatic N) is 1. The summed E-state index contributed by atoms with van der Waals surface area (Å²) in [5, 5.41) is 6.40. The largest absolute Gasteiger partial charge is 0.493 e. The molecule has 1 N–H and O–H groups in total. The van der Waals surface area contributed by atoms with Gasteiger partial charge >= 0.3 is 0 Å². The van der Waals surface area contributed by atoms with Crippen LogP contribution < -0.4 is 10.1 Å². The summed E-state index contributed by atoms with van der Waals surface area (Å²) in [4.78, 5) is 4.66. The van der Waals surface area contributed by atoms with Crippen molar-refractivity contribution in [1.82, 2.24) is 10.3 Å². The molecule has 3 nitrogen and oxygen atoms in total. The van der Waals surface area contributed by atoms with E-state index >= 15 is 0 Å². The first-order chi connectivity index (χ1) is 8.85. The summed E-state index contributed by atoms with van der Waals surface area (Å²) in [6.45, 7) is 3.63. The average molecular weight is 262 g/mol. The lowest BCUT2D eigenvalue weighted by molar-refractivity contribution is 0.341. The molecule has 1 heterocycles. The van der Waals surface area contributed by atoms with Gasteiger partial charge in [0.05, 0.1) is 17.3 Å². The maximum atomic E-state index is 5.63. The van der Waals surface area contributed by atoms with E-state index in [0.29, 0.717) is 6.61 Å². The van der Waals surface area contributed by atoms with Crippen molar-refractivity contribution in [2.75, 3.05) is 20.2 Å². The molecule has 0 bridgehead atoms. The van der Waals surface area contributed by atoms with Crippen LogP contribution >= 0.6 is 11.3 Å². The number of aromatic nitrogens is 1. The number of rotatable bonds is 6. The number of ether oxygens (including phenoxy) is 1. The summed E-state index contributed by atoms with van der Waals surface area (Å²) >= 11 is 1.70. The Hall–Kier alpha value is -1.39. The van der Waals surface area contributed by atoms with Crippen LogP contribution in [0.25, 0.3) is 11.3 Å². The molecule has 0 unspecified atom stereocenters. The molecule has 2 rings (SSSR count). The van der Waals surface area contributed by atoms with E-state index in [-0.39, 0.29) is 0 Å². The molecule has 0 aliphatic heterocycles. The number of benzene rings is 1. The Morgan fingerprint density at radius 2 is 2.17 bits per heavy atom. The zero-order valence-electron chi connectivity index (χ0n) is 10.8. The van der Waals surface area contributed by atoms with Gasteiger partial charge in [0.25, 0.3) is 0 Å². The summed E-state index contributed by atoms with van der Waals surface area (Å²) in [5.41, 5.74) is 2.08. The van der Waals surface area contributed by atoms with E-state index in [4.69, 9.17) is 4.74 Å². The highest BCUT2D eigenvalue weighted by atomic mass is 32.1. The van der Waals surface area contributed by atoms with Gasteiger partial charge in [0.1, 0.15) is 5.75 Å². The molecule has 0 aliphatic rings. The van der Waals surface area contributed by atoms with Gasteiger partial charge in [0.15, 0.2) is 0 Å². The fourth-order valence-corrected chi connectivity index (χ4v) is 2.54. The van der Waals surface area contributed by atoms with Crippen LogP contribution in [0.4, 0.5) is 0 Å². The van der Waals surface area contributed by atoms with E-state index in [0.717, 1.165) is 35.0 Å². The van der Waals surface area contributed by atoms with Crippen LogP contribution in [-0.4, -0.2) is 25.2 Å². The minimum absolute atomic E-state index is 0.674. The average Bonchev–Trinajstić information content (AvgIpc) is 2.86. The fraction of sp³-hybridized carbons (Fsp3) is 0.357. The summed E-state index contributed by atoms with van der Waals surface area (Å²) < 4.78 is 5.63. The van der Waals surface area contributed by atoms with Crippen LogP contribution in [0.15, 0.2) is 29.6 Å². The van der Waals surface area contributed by atoms with Crippen molar-refractivity contribution in [3.8, 4) is 17.0 Å². The molecule has 0 amide bonds. The number of hydrogen-bond acceptors (Lipinski definition) is 4. The first-order valence-corrected chi connectivity index (χ1v) is 7.04. The summed E-state index contributed by atoms with van der Waals surface area (Å²) in [7, 11) is 1.96. The zero-order chi connectivity index (χ0) is 12.8. The molecule has 18 heavy (non-hydrogen) atoms. The fourth-order valence-electron chi connectivity index (χ4n) is 1.74. The first-order valence-electron chi connectivity index (χ1n) is 6.16. The molecule has 1 aromatic heterocycles. The Labute approximate surface area is 112 Å². The highest BCUT2D eigenvalue weighted by Gasteiger charge is 2.09. The van der Waals surface area contributed by atoms with E-state index in [1.807, 2.05) is 32.2 Å². The maximum absolute atomic E-state index is 5.63. The standard InChI is InChI=1S/C14H18N2OS/c1-3-17-13-7-5-4-6-11(13)12-10-18-14(16-12)8-9-15-2/h4-7,10,15H,3,8-9H2,1-2H3. The molecule has 0 atom stereocenters. The van der Waals surface area contributed by atoms with Crippen LogP contribution in [0.2, 0.25) is 0 Å². The van der Waals surface area contributed by atoms with Crippen LogP contribution in [0.3, 0.4) is 0 Å². The van der Waals surface area contributed by atoms with Crippen molar-refractivity contribution in [1.29, 1.82) is 0 Å². The summed E-state index contributed by atoms with van der Waals surface area (Å²) in [6.07, 6.45) is 0.970. The molecule has 96 valence electrons. The zero-order valence-corrected chi connectivity index (χ0v) is 11.6. The van der Waals surface area contributed by atoms with Gasteiger partial charge in [-0.2, -0.15) is 0 Å². The van der Waals surface area contributed by atoms with E-state index in [1.54, 1.807) is 11.3 Å². The van der Waals surface area contributed by atoms with Crippen LogP contribution in [0.5, 0.6) is 5.75 Å². The number of hydrogen-bond donors (Lipinski definition) is 1. The van der Waals surface area contributed by atoms with Crippen molar-refractivity contribution in [2.45, 2.75) is 13.3 Å². The van der Waals surface area contributed by atoms with Gasteiger partial charge in [-0.15, -0.1) is 11.3 Å². The minimum atomic E-state index is 0.674. The van der Waals surface area contributed by atoms with Crippen LogP contribution in [-0.2, 0) is 6.42 Å². The van der Waals surface area contributed by atoms with Gasteiger partial charge in [-0.3, -0.25) is 0 Å². The van der Waals surface area contributed by atoms with E-state index in [1.165, 1.54) is 0 Å². The van der Waals surface area contributed by atoms with Gasteiger partial charge in [0, 0.05) is 23.9 Å². The Balaban J connectivity index is 2.22. The molecular formula is C14H18N2OS. The lowest BCUT2D eigenvalue weighted by Gasteiger charge is -2.07. The molecule has 2 aromatic rings. The quantitative estimate of drug-likeness (QED) is 0.869. The van der Waals surface area contributed by atoms with E-state index in [2.05, 4.69) is 21.7 Å². The minimum Gasteiger partial charge on any atom is -0.493 e. The SMILES string of the molecule is CCOc1ccccc1-c1csc(CCNC)n1. The molecule has 4 heteroatoms. The Morgan fingerprint density at radius 1 is 1.33 bits per heavy atom. The van der Waals surface area contributed by atoms with Gasteiger partial charge in [-0.05, 0) is 26.1 Å². The molecule has 1 aromatic carbocycles. The topological polar surface area (TPSA) is 34.1 Å². The van der Waals surface area contributed by atoms with Crippen LogP contribution in [0, 0.1) is 0 Å². The van der Waals surface area contributed by atoms with Gasteiger partial charge in [-0.25, -0.2) is 4.98 Å². The van der Waals surface area contributed by atoms with Crippen molar-refractivity contribution >= 4 is 11.3 Å². The molecule has 0 radical (unpaired) electrons. The summed E-state index contributed by atoms with van der Waals surface area (Å²) in [5.74, 6) is 0.908. The van der Waals surface area contributed by atoms with E-state index < -0.39 is 0 Å². The van der Waals surface area contributed by atoms with Gasteiger partial charge in [0.2, 0.25) is 0 Å². The third-order valence-corrected chi connectivity index (χ3v) is 3.51. The Bertz CT molecular complexity index is 496. The highest BCUT2D eigenvalue weighted by molar-refractivity contribution is 7.09. The predicted molar refractivity (Wildman–Crippen MR) is 76.3 cm³/mol. The first kappa shape index (κ1) is 13.1. The van der Waals surface area contributed by atoms with E-state index in [9.17, 15) is 0 Å². The number of thiazole rings is 1. The van der Waals surface area contributed by atoms with Gasteiger partial charge in [-0.1, -0.05) is 12.1 Å². The van der Waals surface area contributed by atoms with Crippen molar-refractivity contribution in [3.63, 3.8) is 0 Å². The second kappa shape index (κ2) is 6.52. The third-order valence-electron chi connectivity index (χ3n) is 2.60. The molecule has 0 spiro atoms. The van der Waals surface area contributed by atoms with Gasteiger partial charge < -0.3 is 10.1 Å². The smallest absolute Gasteiger partial charge is 0.128 e. The Morgan fingerprint density at radius 3 is 2.94 bits per heavy atom. The molecular weight excluding hydrogens is 244 g/mol. The normalized spacial score (nSPS) is 10.6. The second-order valence-electron chi connectivity index (χ2n) is 3.91. The molecule has 0 aliphatic carbocycles. The van der Waals surface area contributed by atoms with Crippen molar-refractivity contribution in [3.05, 3.63) is 34.7 Å². The maximum Gasteiger partial charge on any atom is 0.128 e. The number of likely N-dealkylation sites (N-methyl/N-ethyl adjacent to an activating group) is 1. The van der Waals surface area contributed by atoms with Crippen LogP contribution in [0.1, 0.15) is 11.9 Å². The molecule has 0 saturated heterocycles. The lowest BCUT2D eigenvalue weighted by atomic mass is 10.1. The highest BCUT2D eigenvalue weighted by Crippen LogP contribution is 2.30. The molecule has 0 saturated carbocycles. The Kier molecular flexibility index (Phi) is 4.73. The monoisotopic (exact) mass is 262 g/mol. The van der Waals surface area contributed by atoms with Crippen molar-refractivity contribution in [2.24, 2.45) is 0 Å². The third kappa shape index (κ3) is 3.09.